The Hall–Kier alpha value is -2.83. The van der Waals surface area contributed by atoms with Gasteiger partial charge in [-0.1, -0.05) is 18.2 Å². The van der Waals surface area contributed by atoms with Crippen LogP contribution in [0.1, 0.15) is 0 Å². The Morgan fingerprint density at radius 3 is 2.67 bits per heavy atom. The van der Waals surface area contributed by atoms with E-state index in [-0.39, 0.29) is 5.91 Å². The lowest BCUT2D eigenvalue weighted by Crippen LogP contribution is -2.47. The molecule has 1 N–H and O–H groups in total. The maximum Gasteiger partial charge on any atom is 0.239 e. The molecule has 0 bridgehead atoms. The van der Waals surface area contributed by atoms with Crippen molar-refractivity contribution in [1.29, 1.82) is 0 Å². The summed E-state index contributed by atoms with van der Waals surface area (Å²) in [6, 6.07) is 12.1. The van der Waals surface area contributed by atoms with Gasteiger partial charge in [-0.3, -0.25) is 14.7 Å². The first-order valence-electron chi connectivity index (χ1n) is 9.18. The number of hydrogen-bond acceptors (Lipinski definition) is 5. The molecule has 0 radical (unpaired) electrons. The van der Waals surface area contributed by atoms with Gasteiger partial charge >= 0.3 is 0 Å². The van der Waals surface area contributed by atoms with Crippen molar-refractivity contribution in [2.75, 3.05) is 45.1 Å². The highest BCUT2D eigenvalue weighted by atomic mass is 16.2. The summed E-state index contributed by atoms with van der Waals surface area (Å²) in [4.78, 5) is 25.4. The van der Waals surface area contributed by atoms with Crippen molar-refractivity contribution in [3.63, 3.8) is 0 Å². The summed E-state index contributed by atoms with van der Waals surface area (Å²) in [5.74, 6) is 0.569. The number of nitrogens with one attached hydrogen (secondary N) is 1. The number of benzene rings is 1. The van der Waals surface area contributed by atoms with Crippen LogP contribution >= 0.6 is 0 Å². The van der Waals surface area contributed by atoms with Gasteiger partial charge in [0.25, 0.3) is 0 Å². The van der Waals surface area contributed by atoms with Crippen molar-refractivity contribution < 1.29 is 4.79 Å². The monoisotopic (exact) mass is 361 g/mol. The zero-order chi connectivity index (χ0) is 18.6. The molecule has 6 nitrogen and oxygen atoms in total. The number of piperazine rings is 1. The number of pyridine rings is 2. The third-order valence-electron chi connectivity index (χ3n) is 4.95. The van der Waals surface area contributed by atoms with Crippen LogP contribution in [-0.2, 0) is 4.79 Å². The van der Waals surface area contributed by atoms with Crippen LogP contribution in [0, 0.1) is 0 Å². The Morgan fingerprint density at radius 1 is 1.04 bits per heavy atom. The molecule has 0 unspecified atom stereocenters. The number of aromatic nitrogens is 2. The molecule has 138 valence electrons. The van der Waals surface area contributed by atoms with Crippen LogP contribution < -0.4 is 5.32 Å². The number of carbonyl (C=O) groups is 1. The zero-order valence-corrected chi connectivity index (χ0v) is 15.4. The fraction of sp³-hybridized carbons (Fsp3) is 0.286. The van der Waals surface area contributed by atoms with E-state index in [1.807, 2.05) is 30.5 Å². The van der Waals surface area contributed by atoms with E-state index in [1.165, 1.54) is 0 Å². The Morgan fingerprint density at radius 2 is 1.89 bits per heavy atom. The van der Waals surface area contributed by atoms with Crippen LogP contribution in [0.3, 0.4) is 0 Å². The predicted molar refractivity (Wildman–Crippen MR) is 108 cm³/mol. The lowest BCUT2D eigenvalue weighted by molar-refractivity contribution is -0.117. The van der Waals surface area contributed by atoms with Gasteiger partial charge in [0.2, 0.25) is 5.91 Å². The molecule has 0 aliphatic carbocycles. The minimum Gasteiger partial charge on any atom is -0.310 e. The van der Waals surface area contributed by atoms with Crippen molar-refractivity contribution >= 4 is 22.5 Å². The van der Waals surface area contributed by atoms with E-state index in [1.54, 1.807) is 12.4 Å². The molecule has 3 aromatic rings. The number of hydrogen-bond donors (Lipinski definition) is 1. The minimum absolute atomic E-state index is 0.0187. The quantitative estimate of drug-likeness (QED) is 0.774. The summed E-state index contributed by atoms with van der Waals surface area (Å²) in [6.07, 6.45) is 5.41. The molecule has 0 spiro atoms. The third-order valence-corrected chi connectivity index (χ3v) is 4.95. The Bertz CT molecular complexity index is 936. The van der Waals surface area contributed by atoms with Crippen molar-refractivity contribution in [1.82, 2.24) is 19.8 Å². The van der Waals surface area contributed by atoms with E-state index in [2.05, 4.69) is 44.3 Å². The first-order chi connectivity index (χ1) is 13.2. The van der Waals surface area contributed by atoms with E-state index in [0.29, 0.717) is 12.4 Å². The predicted octanol–water partition coefficient (Wildman–Crippen LogP) is 2.48. The summed E-state index contributed by atoms with van der Waals surface area (Å²) in [5, 5.41) is 5.02. The van der Waals surface area contributed by atoms with Gasteiger partial charge < -0.3 is 10.2 Å². The van der Waals surface area contributed by atoms with Gasteiger partial charge in [0.05, 0.1) is 6.54 Å². The molecule has 1 saturated heterocycles. The van der Waals surface area contributed by atoms with Crippen LogP contribution in [0.5, 0.6) is 0 Å². The van der Waals surface area contributed by atoms with Crippen molar-refractivity contribution in [3.8, 4) is 11.1 Å². The molecule has 1 aliphatic rings. The fourth-order valence-electron chi connectivity index (χ4n) is 3.31. The second-order valence-corrected chi connectivity index (χ2v) is 7.00. The zero-order valence-electron chi connectivity index (χ0n) is 15.4. The van der Waals surface area contributed by atoms with Crippen molar-refractivity contribution in [2.45, 2.75) is 0 Å². The topological polar surface area (TPSA) is 61.4 Å². The van der Waals surface area contributed by atoms with Crippen LogP contribution in [-0.4, -0.2) is 65.4 Å². The highest BCUT2D eigenvalue weighted by molar-refractivity contribution is 5.94. The van der Waals surface area contributed by atoms with E-state index in [0.717, 1.165) is 48.1 Å². The average Bonchev–Trinajstić information content (AvgIpc) is 2.70. The van der Waals surface area contributed by atoms with Gasteiger partial charge in [0.15, 0.2) is 0 Å². The maximum absolute atomic E-state index is 12.4. The molecule has 0 atom stereocenters. The number of rotatable bonds is 4. The van der Waals surface area contributed by atoms with E-state index >= 15 is 0 Å². The maximum atomic E-state index is 12.4. The second kappa shape index (κ2) is 7.82. The first-order valence-corrected chi connectivity index (χ1v) is 9.18. The number of carbonyl (C=O) groups excluding carboxylic acids is 1. The molecule has 1 aromatic carbocycles. The third kappa shape index (κ3) is 4.30. The largest absolute Gasteiger partial charge is 0.310 e. The molecule has 4 rings (SSSR count). The molecule has 27 heavy (non-hydrogen) atoms. The van der Waals surface area contributed by atoms with E-state index < -0.39 is 0 Å². The van der Waals surface area contributed by atoms with Crippen molar-refractivity contribution in [3.05, 3.63) is 55.0 Å². The number of fused-ring (bicyclic) bond motifs is 1. The SMILES string of the molecule is CN1CCN(CC(=O)Nc2cc3cc(-c4cccnc4)ccc3cn2)CC1. The Labute approximate surface area is 158 Å². The molecule has 6 heteroatoms. The smallest absolute Gasteiger partial charge is 0.239 e. The molecular weight excluding hydrogens is 338 g/mol. The number of likely N-dealkylation sites (N-methyl/N-ethyl adjacent to an activating group) is 1. The van der Waals surface area contributed by atoms with E-state index in [9.17, 15) is 4.79 Å². The standard InChI is InChI=1S/C21H23N5O/c1-25-7-9-26(10-8-25)15-21(27)24-20-12-19-11-16(4-5-18(19)14-23-20)17-3-2-6-22-13-17/h2-6,11-14H,7-10,15H2,1H3,(H,23,24,27). The Balaban J connectivity index is 1.48. The van der Waals surface area contributed by atoms with Crippen LogP contribution in [0.2, 0.25) is 0 Å². The molecule has 1 fully saturated rings. The highest BCUT2D eigenvalue weighted by Crippen LogP contribution is 2.24. The lowest BCUT2D eigenvalue weighted by Gasteiger charge is -2.31. The summed E-state index contributed by atoms with van der Waals surface area (Å²) in [7, 11) is 2.11. The first kappa shape index (κ1) is 17.6. The summed E-state index contributed by atoms with van der Waals surface area (Å²) in [6.45, 7) is 4.24. The second-order valence-electron chi connectivity index (χ2n) is 7.00. The molecule has 2 aromatic heterocycles. The van der Waals surface area contributed by atoms with Gasteiger partial charge in [0, 0.05) is 55.7 Å². The lowest BCUT2D eigenvalue weighted by atomic mass is 10.0. The van der Waals surface area contributed by atoms with Crippen LogP contribution in [0.4, 0.5) is 5.82 Å². The average molecular weight is 361 g/mol. The molecule has 1 aliphatic heterocycles. The van der Waals surface area contributed by atoms with Gasteiger partial charge in [-0.25, -0.2) is 4.98 Å². The summed E-state index contributed by atoms with van der Waals surface area (Å²) in [5.41, 5.74) is 2.16. The van der Waals surface area contributed by atoms with Crippen LogP contribution in [0.15, 0.2) is 55.0 Å². The normalized spacial score (nSPS) is 15.7. The fourth-order valence-corrected chi connectivity index (χ4v) is 3.31. The van der Waals surface area contributed by atoms with Gasteiger partial charge in [0.1, 0.15) is 5.82 Å². The van der Waals surface area contributed by atoms with E-state index in [4.69, 9.17) is 0 Å². The molecule has 0 saturated carbocycles. The minimum atomic E-state index is -0.0187. The number of nitrogens with zero attached hydrogens (tertiary/aromatic N) is 4. The summed E-state index contributed by atoms with van der Waals surface area (Å²) < 4.78 is 0. The summed E-state index contributed by atoms with van der Waals surface area (Å²) >= 11 is 0. The highest BCUT2D eigenvalue weighted by Gasteiger charge is 2.16. The van der Waals surface area contributed by atoms with Crippen LogP contribution in [0.25, 0.3) is 21.9 Å². The Kier molecular flexibility index (Phi) is 5.09. The van der Waals surface area contributed by atoms with Crippen molar-refractivity contribution in [2.24, 2.45) is 0 Å². The van der Waals surface area contributed by atoms with Gasteiger partial charge in [-0.15, -0.1) is 0 Å². The molecule has 3 heterocycles. The van der Waals surface area contributed by atoms with Gasteiger partial charge in [-0.05, 0) is 36.2 Å². The number of anilines is 1. The molecule has 1 amide bonds. The molecular formula is C21H23N5O. The van der Waals surface area contributed by atoms with Gasteiger partial charge in [-0.2, -0.15) is 0 Å². The number of amides is 1.